The van der Waals surface area contributed by atoms with Gasteiger partial charge in [0.05, 0.1) is 12.1 Å². The maximum atomic E-state index is 12.9. The van der Waals surface area contributed by atoms with Crippen molar-refractivity contribution in [1.29, 1.82) is 0 Å². The number of carbonyl (C=O) groups excluding carboxylic acids is 1. The minimum absolute atomic E-state index is 0.000939. The molecule has 0 aliphatic heterocycles. The van der Waals surface area contributed by atoms with Crippen molar-refractivity contribution in [1.82, 2.24) is 10.1 Å². The van der Waals surface area contributed by atoms with Gasteiger partial charge in [0.25, 0.3) is 0 Å². The van der Waals surface area contributed by atoms with E-state index in [-0.39, 0.29) is 30.4 Å². The van der Waals surface area contributed by atoms with Crippen LogP contribution in [0, 0.1) is 6.92 Å². The Labute approximate surface area is 131 Å². The van der Waals surface area contributed by atoms with Gasteiger partial charge in [-0.2, -0.15) is 13.2 Å². The lowest BCUT2D eigenvalue weighted by Crippen LogP contribution is -2.30. The zero-order valence-electron chi connectivity index (χ0n) is 12.6. The molecule has 0 saturated heterocycles. The summed E-state index contributed by atoms with van der Waals surface area (Å²) in [6.45, 7) is 1.61. The molecule has 0 atom stereocenters. The average molecular weight is 327 g/mol. The Morgan fingerprint density at radius 1 is 1.35 bits per heavy atom. The van der Waals surface area contributed by atoms with E-state index in [4.69, 9.17) is 4.52 Å². The van der Waals surface area contributed by atoms with Gasteiger partial charge in [0.2, 0.25) is 5.91 Å². The summed E-state index contributed by atoms with van der Waals surface area (Å²) in [5.74, 6) is 0.439. The van der Waals surface area contributed by atoms with Crippen LogP contribution in [0.1, 0.15) is 16.9 Å². The van der Waals surface area contributed by atoms with Crippen LogP contribution in [0.5, 0.6) is 0 Å². The van der Waals surface area contributed by atoms with Crippen LogP contribution in [0.4, 0.5) is 19.0 Å². The number of rotatable bonds is 5. The Morgan fingerprint density at radius 2 is 2.04 bits per heavy atom. The van der Waals surface area contributed by atoms with Gasteiger partial charge in [0.1, 0.15) is 5.76 Å². The Morgan fingerprint density at radius 3 is 2.65 bits per heavy atom. The van der Waals surface area contributed by atoms with Crippen molar-refractivity contribution in [2.24, 2.45) is 0 Å². The van der Waals surface area contributed by atoms with Crippen molar-refractivity contribution in [2.45, 2.75) is 19.6 Å². The number of alkyl halides is 3. The maximum Gasteiger partial charge on any atom is 0.416 e. The van der Waals surface area contributed by atoms with Crippen LogP contribution < -0.4 is 5.32 Å². The first-order chi connectivity index (χ1) is 10.8. The molecule has 2 aromatic rings. The van der Waals surface area contributed by atoms with Crippen LogP contribution in [0.2, 0.25) is 0 Å². The van der Waals surface area contributed by atoms with Crippen LogP contribution in [0.25, 0.3) is 0 Å². The second kappa shape index (κ2) is 6.82. The Kier molecular flexibility index (Phi) is 5.05. The predicted molar refractivity (Wildman–Crippen MR) is 77.6 cm³/mol. The van der Waals surface area contributed by atoms with E-state index in [1.54, 1.807) is 20.0 Å². The lowest BCUT2D eigenvalue weighted by Gasteiger charge is -2.19. The summed E-state index contributed by atoms with van der Waals surface area (Å²) < 4.78 is 43.6. The first kappa shape index (κ1) is 17.0. The number of aryl methyl sites for hydroxylation is 1. The summed E-state index contributed by atoms with van der Waals surface area (Å²) in [7, 11) is 1.57. The van der Waals surface area contributed by atoms with Crippen LogP contribution in [-0.4, -0.2) is 29.6 Å². The topological polar surface area (TPSA) is 58.4 Å². The summed E-state index contributed by atoms with van der Waals surface area (Å²) in [5, 5.41) is 6.14. The van der Waals surface area contributed by atoms with Crippen LogP contribution in [-0.2, 0) is 17.5 Å². The fraction of sp³-hybridized carbons (Fsp3) is 0.333. The zero-order chi connectivity index (χ0) is 17.0. The first-order valence-electron chi connectivity index (χ1n) is 6.82. The number of aromatic nitrogens is 1. The second-order valence-corrected chi connectivity index (χ2v) is 5.20. The molecule has 2 rings (SSSR count). The standard InChI is InChI=1S/C15H16F3N3O2/c1-10-7-13(20-23-10)19-14(22)9-21(2)8-11-5-3-4-6-12(11)15(16,17)18/h3-7H,8-9H2,1-2H3,(H,19,20,22). The number of nitrogens with one attached hydrogen (secondary N) is 1. The summed E-state index contributed by atoms with van der Waals surface area (Å²) in [6, 6.07) is 6.86. The summed E-state index contributed by atoms with van der Waals surface area (Å²) in [4.78, 5) is 13.3. The highest BCUT2D eigenvalue weighted by Crippen LogP contribution is 2.32. The molecule has 1 amide bonds. The van der Waals surface area contributed by atoms with Crippen molar-refractivity contribution < 1.29 is 22.5 Å². The van der Waals surface area contributed by atoms with E-state index in [0.29, 0.717) is 5.76 Å². The van der Waals surface area contributed by atoms with Gasteiger partial charge in [0, 0.05) is 12.6 Å². The van der Waals surface area contributed by atoms with E-state index in [1.807, 2.05) is 0 Å². The molecule has 0 aliphatic carbocycles. The molecule has 1 N–H and O–H groups in total. The number of benzene rings is 1. The first-order valence-corrected chi connectivity index (χ1v) is 6.82. The fourth-order valence-corrected chi connectivity index (χ4v) is 2.13. The molecule has 1 heterocycles. The molecular weight excluding hydrogens is 311 g/mol. The third-order valence-corrected chi connectivity index (χ3v) is 3.07. The van der Waals surface area contributed by atoms with Crippen LogP contribution in [0.3, 0.4) is 0 Å². The third kappa shape index (κ3) is 4.82. The summed E-state index contributed by atoms with van der Waals surface area (Å²) in [6.07, 6.45) is -4.42. The van der Waals surface area contributed by atoms with Gasteiger partial charge >= 0.3 is 6.18 Å². The normalized spacial score (nSPS) is 11.7. The van der Waals surface area contributed by atoms with E-state index >= 15 is 0 Å². The average Bonchev–Trinajstić information content (AvgIpc) is 2.83. The number of hydrogen-bond donors (Lipinski definition) is 1. The highest BCUT2D eigenvalue weighted by molar-refractivity contribution is 5.91. The van der Waals surface area contributed by atoms with Gasteiger partial charge in [-0.3, -0.25) is 9.69 Å². The van der Waals surface area contributed by atoms with Crippen molar-refractivity contribution in [3.8, 4) is 0 Å². The molecule has 0 aliphatic rings. The van der Waals surface area contributed by atoms with Crippen molar-refractivity contribution in [3.63, 3.8) is 0 Å². The SMILES string of the molecule is Cc1cc(NC(=O)CN(C)Cc2ccccc2C(F)(F)F)no1. The highest BCUT2D eigenvalue weighted by atomic mass is 19.4. The number of hydrogen-bond acceptors (Lipinski definition) is 4. The Bertz CT molecular complexity index is 683. The van der Waals surface area contributed by atoms with Crippen molar-refractivity contribution in [3.05, 3.63) is 47.2 Å². The minimum atomic E-state index is -4.42. The van der Waals surface area contributed by atoms with E-state index in [9.17, 15) is 18.0 Å². The lowest BCUT2D eigenvalue weighted by molar-refractivity contribution is -0.138. The van der Waals surface area contributed by atoms with Gasteiger partial charge in [-0.15, -0.1) is 0 Å². The molecule has 1 aromatic heterocycles. The van der Waals surface area contributed by atoms with Crippen molar-refractivity contribution in [2.75, 3.05) is 18.9 Å². The maximum absolute atomic E-state index is 12.9. The smallest absolute Gasteiger partial charge is 0.360 e. The Hall–Kier alpha value is -2.35. The molecule has 8 heteroatoms. The molecule has 0 bridgehead atoms. The van der Waals surface area contributed by atoms with E-state index < -0.39 is 11.7 Å². The number of likely N-dealkylation sites (N-methyl/N-ethyl adjacent to an activating group) is 1. The molecule has 0 spiro atoms. The fourth-order valence-electron chi connectivity index (χ4n) is 2.13. The third-order valence-electron chi connectivity index (χ3n) is 3.07. The number of halogens is 3. The van der Waals surface area contributed by atoms with Crippen molar-refractivity contribution >= 4 is 11.7 Å². The molecule has 1 aromatic carbocycles. The van der Waals surface area contributed by atoms with Crippen LogP contribution in [0.15, 0.2) is 34.9 Å². The van der Waals surface area contributed by atoms with Crippen LogP contribution >= 0.6 is 0 Å². The van der Waals surface area contributed by atoms with Gasteiger partial charge < -0.3 is 9.84 Å². The zero-order valence-corrected chi connectivity index (χ0v) is 12.6. The van der Waals surface area contributed by atoms with Gasteiger partial charge in [-0.05, 0) is 25.6 Å². The van der Waals surface area contributed by atoms with E-state index in [2.05, 4.69) is 10.5 Å². The molecule has 0 radical (unpaired) electrons. The highest BCUT2D eigenvalue weighted by Gasteiger charge is 2.33. The molecular formula is C15H16F3N3O2. The molecule has 0 fully saturated rings. The molecule has 5 nitrogen and oxygen atoms in total. The number of anilines is 1. The summed E-state index contributed by atoms with van der Waals surface area (Å²) in [5.41, 5.74) is -0.577. The Balaban J connectivity index is 1.97. The van der Waals surface area contributed by atoms with E-state index in [0.717, 1.165) is 6.07 Å². The molecule has 0 saturated carbocycles. The number of nitrogens with zero attached hydrogens (tertiary/aromatic N) is 2. The molecule has 124 valence electrons. The molecule has 0 unspecified atom stereocenters. The monoisotopic (exact) mass is 327 g/mol. The van der Waals surface area contributed by atoms with Gasteiger partial charge in [-0.25, -0.2) is 0 Å². The second-order valence-electron chi connectivity index (χ2n) is 5.20. The largest absolute Gasteiger partial charge is 0.416 e. The lowest BCUT2D eigenvalue weighted by atomic mass is 10.1. The molecule has 23 heavy (non-hydrogen) atoms. The minimum Gasteiger partial charge on any atom is -0.360 e. The number of amides is 1. The van der Waals surface area contributed by atoms with Gasteiger partial charge in [0.15, 0.2) is 5.82 Å². The quantitative estimate of drug-likeness (QED) is 0.917. The number of carbonyl (C=O) groups is 1. The van der Waals surface area contributed by atoms with E-state index in [1.165, 1.54) is 23.1 Å². The summed E-state index contributed by atoms with van der Waals surface area (Å²) >= 11 is 0. The van der Waals surface area contributed by atoms with Gasteiger partial charge in [-0.1, -0.05) is 23.4 Å². The predicted octanol–water partition coefficient (Wildman–Crippen LogP) is 3.07.